The Kier molecular flexibility index (Phi) is 5.64. The van der Waals surface area contributed by atoms with Crippen molar-refractivity contribution in [1.82, 2.24) is 0 Å². The molecule has 0 amide bonds. The highest BCUT2D eigenvalue weighted by molar-refractivity contribution is 7.86. The van der Waals surface area contributed by atoms with Gasteiger partial charge in [-0.1, -0.05) is 17.7 Å². The molecule has 119 valence electrons. The lowest BCUT2D eigenvalue weighted by atomic mass is 10.1. The van der Waals surface area contributed by atoms with Gasteiger partial charge < -0.3 is 9.47 Å². The second-order valence-electron chi connectivity index (χ2n) is 4.00. The zero-order valence-electron chi connectivity index (χ0n) is 11.3. The summed E-state index contributed by atoms with van der Waals surface area (Å²) in [6.07, 6.45) is 1.12. The molecule has 0 fully saturated rings. The molecule has 1 rings (SSSR count). The Labute approximate surface area is 130 Å². The predicted molar refractivity (Wildman–Crippen MR) is 74.1 cm³/mol. The fourth-order valence-electron chi connectivity index (χ4n) is 1.51. The Bertz CT molecular complexity index is 725. The molecule has 0 aliphatic rings. The monoisotopic (exact) mass is 349 g/mol. The van der Waals surface area contributed by atoms with Crippen molar-refractivity contribution in [3.8, 4) is 11.5 Å². The van der Waals surface area contributed by atoms with Gasteiger partial charge in [0.2, 0.25) is 6.29 Å². The van der Waals surface area contributed by atoms with Crippen molar-refractivity contribution in [3.05, 3.63) is 22.7 Å². The lowest BCUT2D eigenvalue weighted by molar-refractivity contribution is -0.134. The average molecular weight is 350 g/mol. The third-order valence-electron chi connectivity index (χ3n) is 2.28. The van der Waals surface area contributed by atoms with Crippen LogP contribution >= 0.6 is 11.6 Å². The summed E-state index contributed by atoms with van der Waals surface area (Å²) in [7, 11) is -4.83. The molecule has 0 saturated carbocycles. The van der Waals surface area contributed by atoms with Crippen LogP contribution in [0.3, 0.4) is 0 Å². The molecule has 22 heavy (non-hydrogen) atoms. The summed E-state index contributed by atoms with van der Waals surface area (Å²) >= 11 is 5.90. The summed E-state index contributed by atoms with van der Waals surface area (Å²) in [5.74, 6) is -2.28. The summed E-state index contributed by atoms with van der Waals surface area (Å²) in [5.41, 5.74) is -0.383. The zero-order valence-corrected chi connectivity index (χ0v) is 12.9. The molecule has 1 aromatic carbocycles. The van der Waals surface area contributed by atoms with Crippen LogP contribution in [0.4, 0.5) is 0 Å². The zero-order chi connectivity index (χ0) is 17.1. The Hall–Kier alpha value is -1.97. The van der Waals surface area contributed by atoms with Gasteiger partial charge in [0.05, 0.1) is 5.02 Å². The molecule has 0 aromatic heterocycles. The van der Waals surface area contributed by atoms with Crippen LogP contribution in [-0.2, 0) is 24.5 Å². The first-order valence-corrected chi connectivity index (χ1v) is 7.49. The van der Waals surface area contributed by atoms with Gasteiger partial charge in [0.1, 0.15) is 0 Å². The molecular formula is C12H10ClO8S. The molecule has 1 atom stereocenters. The Morgan fingerprint density at radius 2 is 1.77 bits per heavy atom. The van der Waals surface area contributed by atoms with Crippen molar-refractivity contribution < 1.29 is 36.8 Å². The van der Waals surface area contributed by atoms with E-state index >= 15 is 0 Å². The number of hydrogen-bond acceptors (Lipinski definition) is 7. The number of carbonyl (C=O) groups is 2. The summed E-state index contributed by atoms with van der Waals surface area (Å²) in [5, 5.41) is -2.58. The minimum atomic E-state index is -4.83. The van der Waals surface area contributed by atoms with Crippen LogP contribution in [0.1, 0.15) is 24.7 Å². The number of halogens is 1. The maximum Gasteiger partial charge on any atom is 0.308 e. The van der Waals surface area contributed by atoms with E-state index in [0.717, 1.165) is 32.3 Å². The normalized spacial score (nSPS) is 12.4. The molecule has 0 heterocycles. The van der Waals surface area contributed by atoms with Gasteiger partial charge in [-0.15, -0.1) is 0 Å². The van der Waals surface area contributed by atoms with Crippen molar-refractivity contribution in [2.45, 2.75) is 19.1 Å². The van der Waals surface area contributed by atoms with Gasteiger partial charge in [0, 0.05) is 19.4 Å². The molecule has 0 spiro atoms. The fraction of sp³-hybridized carbons (Fsp3) is 0.250. The summed E-state index contributed by atoms with van der Waals surface area (Å²) in [6.45, 7) is 2.12. The van der Waals surface area contributed by atoms with Crippen molar-refractivity contribution in [1.29, 1.82) is 0 Å². The number of carbonyl (C=O) groups excluding carboxylic acids is 3. The highest BCUT2D eigenvalue weighted by atomic mass is 35.5. The molecule has 0 bridgehead atoms. The molecule has 0 aliphatic carbocycles. The maximum absolute atomic E-state index is 11.2. The molecule has 1 unspecified atom stereocenters. The molecular weight excluding hydrogens is 340 g/mol. The molecule has 8 nitrogen and oxygen atoms in total. The van der Waals surface area contributed by atoms with Crippen LogP contribution in [0.5, 0.6) is 11.5 Å². The van der Waals surface area contributed by atoms with Crippen LogP contribution in [0.2, 0.25) is 5.02 Å². The van der Waals surface area contributed by atoms with E-state index in [1.54, 1.807) is 0 Å². The van der Waals surface area contributed by atoms with E-state index in [1.807, 2.05) is 0 Å². The predicted octanol–water partition coefficient (Wildman–Crippen LogP) is 1.23. The van der Waals surface area contributed by atoms with E-state index in [0.29, 0.717) is 0 Å². The first kappa shape index (κ1) is 18.1. The minimum Gasteiger partial charge on any atom is -0.423 e. The van der Waals surface area contributed by atoms with E-state index in [4.69, 9.17) is 25.6 Å². The lowest BCUT2D eigenvalue weighted by Crippen LogP contribution is -2.15. The number of rotatable bonds is 5. The Morgan fingerprint density at radius 3 is 2.18 bits per heavy atom. The Balaban J connectivity index is 3.54. The van der Waals surface area contributed by atoms with Crippen LogP contribution in [-0.4, -0.2) is 31.2 Å². The number of benzene rings is 1. The van der Waals surface area contributed by atoms with E-state index < -0.39 is 38.1 Å². The minimum absolute atomic E-state index is 0.253. The van der Waals surface area contributed by atoms with Gasteiger partial charge in [0.25, 0.3) is 10.1 Å². The van der Waals surface area contributed by atoms with Gasteiger partial charge in [-0.2, -0.15) is 8.42 Å². The third-order valence-corrected chi connectivity index (χ3v) is 3.61. The standard InChI is InChI=1S/C12H10ClO8S/c1-6(15)20-9-4-3-8(10(5-14)22(17,18)19)11(13)12(9)21-7(2)16/h3-4,10H,1-2H3,(H,17,18,19). The van der Waals surface area contributed by atoms with Crippen LogP contribution in [0.15, 0.2) is 12.1 Å². The topological polar surface area (TPSA) is 124 Å². The lowest BCUT2D eigenvalue weighted by Gasteiger charge is -2.15. The van der Waals surface area contributed by atoms with Crippen molar-refractivity contribution >= 4 is 39.9 Å². The van der Waals surface area contributed by atoms with Gasteiger partial charge >= 0.3 is 11.9 Å². The second-order valence-corrected chi connectivity index (χ2v) is 5.88. The molecule has 1 aromatic rings. The fourth-order valence-corrected chi connectivity index (χ4v) is 2.52. The van der Waals surface area contributed by atoms with E-state index in [2.05, 4.69) is 0 Å². The second kappa shape index (κ2) is 6.86. The SMILES string of the molecule is CC(=O)Oc1ccc(C([C]=O)S(=O)(=O)O)c(Cl)c1OC(C)=O. The van der Waals surface area contributed by atoms with Gasteiger partial charge in [-0.05, 0) is 6.07 Å². The van der Waals surface area contributed by atoms with Crippen molar-refractivity contribution in [2.24, 2.45) is 0 Å². The van der Waals surface area contributed by atoms with E-state index in [-0.39, 0.29) is 11.3 Å². The largest absolute Gasteiger partial charge is 0.423 e. The molecule has 1 N–H and O–H groups in total. The van der Waals surface area contributed by atoms with Gasteiger partial charge in [-0.3, -0.25) is 18.9 Å². The highest BCUT2D eigenvalue weighted by Gasteiger charge is 2.31. The van der Waals surface area contributed by atoms with E-state index in [9.17, 15) is 22.8 Å². The van der Waals surface area contributed by atoms with Crippen LogP contribution < -0.4 is 9.47 Å². The summed E-state index contributed by atoms with van der Waals surface area (Å²) < 4.78 is 40.8. The first-order chi connectivity index (χ1) is 10.1. The Morgan fingerprint density at radius 1 is 1.23 bits per heavy atom. The van der Waals surface area contributed by atoms with Crippen LogP contribution in [0, 0.1) is 0 Å². The number of hydrogen-bond donors (Lipinski definition) is 1. The van der Waals surface area contributed by atoms with Crippen molar-refractivity contribution in [2.75, 3.05) is 0 Å². The number of esters is 2. The smallest absolute Gasteiger partial charge is 0.308 e. The molecule has 10 heteroatoms. The molecule has 0 saturated heterocycles. The van der Waals surface area contributed by atoms with Crippen molar-refractivity contribution in [3.63, 3.8) is 0 Å². The first-order valence-electron chi connectivity index (χ1n) is 5.61. The molecule has 1 radical (unpaired) electrons. The highest BCUT2D eigenvalue weighted by Crippen LogP contribution is 2.41. The summed E-state index contributed by atoms with van der Waals surface area (Å²) in [4.78, 5) is 32.9. The third kappa shape index (κ3) is 4.26. The quantitative estimate of drug-likeness (QED) is 0.478. The maximum atomic E-state index is 11.2. The van der Waals surface area contributed by atoms with Gasteiger partial charge in [0.15, 0.2) is 16.7 Å². The summed E-state index contributed by atoms with van der Waals surface area (Å²) in [6, 6.07) is 2.09. The molecule has 0 aliphatic heterocycles. The van der Waals surface area contributed by atoms with E-state index in [1.165, 1.54) is 0 Å². The van der Waals surface area contributed by atoms with Crippen LogP contribution in [0.25, 0.3) is 0 Å². The number of ether oxygens (including phenoxy) is 2. The van der Waals surface area contributed by atoms with Gasteiger partial charge in [-0.25, -0.2) is 0 Å². The average Bonchev–Trinajstić information content (AvgIpc) is 2.34.